The number of tetrazole rings is 1. The first-order valence-electron chi connectivity index (χ1n) is 8.90. The van der Waals surface area contributed by atoms with Crippen molar-refractivity contribution in [1.82, 2.24) is 25.1 Å². The third-order valence-electron chi connectivity index (χ3n) is 5.46. The van der Waals surface area contributed by atoms with Crippen LogP contribution in [0.3, 0.4) is 0 Å². The van der Waals surface area contributed by atoms with Crippen molar-refractivity contribution in [1.29, 1.82) is 0 Å². The molecule has 0 radical (unpaired) electrons. The SMILES string of the molecule is Cc1cccc(C)c1-n1nnnc1[C@@H]1CC[C@@H](CO)N1CC1CC1. The van der Waals surface area contributed by atoms with Gasteiger partial charge >= 0.3 is 0 Å². The minimum Gasteiger partial charge on any atom is -0.395 e. The molecule has 1 saturated carbocycles. The number of aryl methyl sites for hydroxylation is 2. The molecule has 2 atom stereocenters. The van der Waals surface area contributed by atoms with Crippen LogP contribution in [0.2, 0.25) is 0 Å². The number of likely N-dealkylation sites (tertiary alicyclic amines) is 1. The third kappa shape index (κ3) is 2.74. The van der Waals surface area contributed by atoms with Gasteiger partial charge in [0.15, 0.2) is 5.82 Å². The fraction of sp³-hybridized carbons (Fsp3) is 0.611. The Morgan fingerprint density at radius 2 is 1.88 bits per heavy atom. The molecule has 6 nitrogen and oxygen atoms in total. The Morgan fingerprint density at radius 1 is 1.12 bits per heavy atom. The second-order valence-electron chi connectivity index (χ2n) is 7.26. The van der Waals surface area contributed by atoms with Gasteiger partial charge in [0, 0.05) is 12.6 Å². The minimum absolute atomic E-state index is 0.191. The van der Waals surface area contributed by atoms with Crippen molar-refractivity contribution < 1.29 is 5.11 Å². The molecule has 1 N–H and O–H groups in total. The van der Waals surface area contributed by atoms with Crippen LogP contribution >= 0.6 is 0 Å². The molecule has 2 fully saturated rings. The molecule has 6 heteroatoms. The summed E-state index contributed by atoms with van der Waals surface area (Å²) < 4.78 is 1.91. The Hall–Kier alpha value is -1.79. The van der Waals surface area contributed by atoms with Crippen LogP contribution in [0.5, 0.6) is 0 Å². The van der Waals surface area contributed by atoms with E-state index in [2.05, 4.69) is 52.5 Å². The van der Waals surface area contributed by atoms with E-state index >= 15 is 0 Å². The number of aliphatic hydroxyl groups is 1. The Bertz CT molecular complexity index is 704. The molecule has 0 unspecified atom stereocenters. The monoisotopic (exact) mass is 327 g/mol. The summed E-state index contributed by atoms with van der Waals surface area (Å²) in [5, 5.41) is 22.4. The predicted molar refractivity (Wildman–Crippen MR) is 90.9 cm³/mol. The molecule has 1 aliphatic heterocycles. The van der Waals surface area contributed by atoms with E-state index in [9.17, 15) is 5.11 Å². The zero-order valence-corrected chi connectivity index (χ0v) is 14.4. The molecule has 0 spiro atoms. The van der Waals surface area contributed by atoms with Crippen LogP contribution in [-0.4, -0.2) is 49.4 Å². The highest BCUT2D eigenvalue weighted by Crippen LogP contribution is 2.40. The molecule has 2 heterocycles. The van der Waals surface area contributed by atoms with Gasteiger partial charge in [-0.3, -0.25) is 4.90 Å². The number of hydrogen-bond donors (Lipinski definition) is 1. The first kappa shape index (κ1) is 15.7. The first-order chi connectivity index (χ1) is 11.7. The molecule has 1 aliphatic carbocycles. The highest BCUT2D eigenvalue weighted by Gasteiger charge is 2.40. The van der Waals surface area contributed by atoms with E-state index in [1.165, 1.54) is 24.0 Å². The molecule has 24 heavy (non-hydrogen) atoms. The third-order valence-corrected chi connectivity index (χ3v) is 5.46. The van der Waals surface area contributed by atoms with Gasteiger partial charge in [-0.15, -0.1) is 5.10 Å². The Morgan fingerprint density at radius 3 is 2.54 bits per heavy atom. The lowest BCUT2D eigenvalue weighted by atomic mass is 10.1. The molecule has 0 amide bonds. The Labute approximate surface area is 142 Å². The van der Waals surface area contributed by atoms with Gasteiger partial charge in [0.2, 0.25) is 0 Å². The summed E-state index contributed by atoms with van der Waals surface area (Å²) >= 11 is 0. The molecule has 0 bridgehead atoms. The lowest BCUT2D eigenvalue weighted by molar-refractivity contribution is 0.120. The van der Waals surface area contributed by atoms with Gasteiger partial charge < -0.3 is 5.11 Å². The average molecular weight is 327 g/mol. The molecule has 2 aliphatic rings. The maximum atomic E-state index is 9.76. The smallest absolute Gasteiger partial charge is 0.173 e. The summed E-state index contributed by atoms with van der Waals surface area (Å²) in [5.41, 5.74) is 3.43. The number of benzene rings is 1. The Balaban J connectivity index is 1.71. The fourth-order valence-corrected chi connectivity index (χ4v) is 3.99. The number of para-hydroxylation sites is 1. The maximum absolute atomic E-state index is 9.76. The van der Waals surface area contributed by atoms with Gasteiger partial charge in [-0.1, -0.05) is 18.2 Å². The van der Waals surface area contributed by atoms with Gasteiger partial charge in [0.25, 0.3) is 0 Å². The van der Waals surface area contributed by atoms with E-state index in [0.717, 1.165) is 36.8 Å². The zero-order chi connectivity index (χ0) is 16.7. The number of aromatic nitrogens is 4. The van der Waals surface area contributed by atoms with Gasteiger partial charge in [0.05, 0.1) is 18.3 Å². The van der Waals surface area contributed by atoms with E-state index in [0.29, 0.717) is 0 Å². The van der Waals surface area contributed by atoms with Crippen molar-refractivity contribution in [2.75, 3.05) is 13.2 Å². The Kier molecular flexibility index (Phi) is 4.10. The van der Waals surface area contributed by atoms with Gasteiger partial charge in [0.1, 0.15) is 0 Å². The fourth-order valence-electron chi connectivity index (χ4n) is 3.99. The van der Waals surface area contributed by atoms with Crippen LogP contribution < -0.4 is 0 Å². The van der Waals surface area contributed by atoms with Crippen molar-refractivity contribution in [2.24, 2.45) is 5.92 Å². The molecule has 1 aromatic heterocycles. The van der Waals surface area contributed by atoms with E-state index in [-0.39, 0.29) is 18.7 Å². The number of hydrogen-bond acceptors (Lipinski definition) is 5. The number of nitrogens with zero attached hydrogens (tertiary/aromatic N) is 5. The molecule has 128 valence electrons. The maximum Gasteiger partial charge on any atom is 0.173 e. The minimum atomic E-state index is 0.191. The van der Waals surface area contributed by atoms with Crippen molar-refractivity contribution in [2.45, 2.75) is 51.6 Å². The summed E-state index contributed by atoms with van der Waals surface area (Å²) in [6.45, 7) is 5.46. The van der Waals surface area contributed by atoms with E-state index in [1.807, 2.05) is 4.68 Å². The predicted octanol–water partition coefficient (Wildman–Crippen LogP) is 2.19. The average Bonchev–Trinajstić information content (AvgIpc) is 3.10. The zero-order valence-electron chi connectivity index (χ0n) is 14.4. The van der Waals surface area contributed by atoms with E-state index in [4.69, 9.17) is 0 Å². The van der Waals surface area contributed by atoms with Gasteiger partial charge in [-0.25, -0.2) is 0 Å². The molecule has 1 aromatic carbocycles. The van der Waals surface area contributed by atoms with Crippen molar-refractivity contribution >= 4 is 0 Å². The molecular formula is C18H25N5O. The molecule has 2 aromatic rings. The highest BCUT2D eigenvalue weighted by molar-refractivity contribution is 5.46. The highest BCUT2D eigenvalue weighted by atomic mass is 16.3. The van der Waals surface area contributed by atoms with E-state index in [1.54, 1.807) is 0 Å². The summed E-state index contributed by atoms with van der Waals surface area (Å²) in [6, 6.07) is 6.69. The summed E-state index contributed by atoms with van der Waals surface area (Å²) in [4.78, 5) is 2.44. The lowest BCUT2D eigenvalue weighted by Gasteiger charge is -2.28. The summed E-state index contributed by atoms with van der Waals surface area (Å²) in [6.07, 6.45) is 4.63. The summed E-state index contributed by atoms with van der Waals surface area (Å²) in [5.74, 6) is 1.69. The van der Waals surface area contributed by atoms with Crippen molar-refractivity contribution in [3.8, 4) is 5.69 Å². The summed E-state index contributed by atoms with van der Waals surface area (Å²) in [7, 11) is 0. The normalized spacial score (nSPS) is 24.6. The van der Waals surface area contributed by atoms with Gasteiger partial charge in [-0.05, 0) is 67.0 Å². The first-order valence-corrected chi connectivity index (χ1v) is 8.90. The quantitative estimate of drug-likeness (QED) is 0.912. The van der Waals surface area contributed by atoms with Crippen LogP contribution in [0.4, 0.5) is 0 Å². The standard InChI is InChI=1S/C18H25N5O/c1-12-4-3-5-13(2)17(12)23-18(19-20-21-23)16-9-8-15(11-24)22(16)10-14-6-7-14/h3-5,14-16,24H,6-11H2,1-2H3/t15-,16-/m0/s1. The number of rotatable bonds is 5. The molecular weight excluding hydrogens is 302 g/mol. The van der Waals surface area contributed by atoms with E-state index < -0.39 is 0 Å². The van der Waals surface area contributed by atoms with Crippen LogP contribution in [0.25, 0.3) is 5.69 Å². The van der Waals surface area contributed by atoms with Crippen LogP contribution in [-0.2, 0) is 0 Å². The van der Waals surface area contributed by atoms with Crippen molar-refractivity contribution in [3.05, 3.63) is 35.2 Å². The lowest BCUT2D eigenvalue weighted by Crippen LogP contribution is -2.36. The molecule has 1 saturated heterocycles. The second-order valence-corrected chi connectivity index (χ2v) is 7.26. The van der Waals surface area contributed by atoms with Gasteiger partial charge in [-0.2, -0.15) is 4.68 Å². The topological polar surface area (TPSA) is 67.1 Å². The van der Waals surface area contributed by atoms with Crippen LogP contribution in [0, 0.1) is 19.8 Å². The van der Waals surface area contributed by atoms with Crippen LogP contribution in [0.1, 0.15) is 48.7 Å². The largest absolute Gasteiger partial charge is 0.395 e. The second kappa shape index (κ2) is 6.26. The van der Waals surface area contributed by atoms with Crippen molar-refractivity contribution in [3.63, 3.8) is 0 Å². The molecule has 4 rings (SSSR count). The number of aliphatic hydroxyl groups excluding tert-OH is 1. The van der Waals surface area contributed by atoms with Crippen LogP contribution in [0.15, 0.2) is 18.2 Å².